The van der Waals surface area contributed by atoms with Gasteiger partial charge in [0.15, 0.2) is 5.78 Å². The van der Waals surface area contributed by atoms with Crippen molar-refractivity contribution >= 4 is 17.5 Å². The molecule has 2 aromatic heterocycles. The van der Waals surface area contributed by atoms with E-state index in [1.54, 1.807) is 4.68 Å². The summed E-state index contributed by atoms with van der Waals surface area (Å²) in [4.78, 5) is 12.9. The molecule has 8 heteroatoms. The molecule has 0 spiro atoms. The van der Waals surface area contributed by atoms with Crippen LogP contribution in [0.3, 0.4) is 0 Å². The number of tetrazole rings is 1. The summed E-state index contributed by atoms with van der Waals surface area (Å²) in [6.07, 6.45) is 3.20. The van der Waals surface area contributed by atoms with Gasteiger partial charge < -0.3 is 9.30 Å². The zero-order chi connectivity index (χ0) is 20.9. The average Bonchev–Trinajstić information content (AvgIpc) is 3.48. The number of ether oxygens (including phenoxy) is 1. The molecule has 3 aromatic rings. The molecular formula is C22H27N5O2S. The third-order valence-electron chi connectivity index (χ3n) is 5.57. The number of aromatic nitrogens is 5. The smallest absolute Gasteiger partial charge is 0.209 e. The van der Waals surface area contributed by atoms with Crippen LogP contribution in [0.25, 0.3) is 0 Å². The molecule has 4 rings (SSSR count). The van der Waals surface area contributed by atoms with E-state index in [-0.39, 0.29) is 11.9 Å². The average molecular weight is 426 g/mol. The van der Waals surface area contributed by atoms with Crippen molar-refractivity contribution < 1.29 is 9.53 Å². The number of carbonyl (C=O) groups is 1. The van der Waals surface area contributed by atoms with Crippen molar-refractivity contribution in [2.45, 2.75) is 57.5 Å². The van der Waals surface area contributed by atoms with E-state index < -0.39 is 0 Å². The summed E-state index contributed by atoms with van der Waals surface area (Å²) in [6, 6.07) is 12.4. The van der Waals surface area contributed by atoms with Gasteiger partial charge in [-0.25, -0.2) is 4.68 Å². The van der Waals surface area contributed by atoms with Crippen LogP contribution in [0.1, 0.15) is 40.2 Å². The van der Waals surface area contributed by atoms with Gasteiger partial charge in [0.1, 0.15) is 0 Å². The summed E-state index contributed by atoms with van der Waals surface area (Å²) in [7, 11) is 0. The SMILES string of the molecule is Cc1cc(C(=O)CSc2nnnn2C[C@H]2CCCO2)c(C)n1CCc1ccccc1. The maximum atomic E-state index is 12.9. The number of nitrogens with zero attached hydrogens (tertiary/aromatic N) is 5. The zero-order valence-corrected chi connectivity index (χ0v) is 18.3. The Morgan fingerprint density at radius 1 is 1.27 bits per heavy atom. The van der Waals surface area contributed by atoms with Gasteiger partial charge in [0, 0.05) is 30.1 Å². The van der Waals surface area contributed by atoms with Gasteiger partial charge >= 0.3 is 0 Å². The van der Waals surface area contributed by atoms with Crippen LogP contribution >= 0.6 is 11.8 Å². The van der Waals surface area contributed by atoms with Crippen molar-refractivity contribution in [1.29, 1.82) is 0 Å². The Balaban J connectivity index is 1.38. The molecule has 3 heterocycles. The molecule has 1 fully saturated rings. The molecule has 0 saturated carbocycles. The first-order valence-electron chi connectivity index (χ1n) is 10.4. The van der Waals surface area contributed by atoms with Crippen LogP contribution in [0.15, 0.2) is 41.6 Å². The third-order valence-corrected chi connectivity index (χ3v) is 6.53. The fourth-order valence-corrected chi connectivity index (χ4v) is 4.69. The van der Waals surface area contributed by atoms with Crippen molar-refractivity contribution in [2.75, 3.05) is 12.4 Å². The quantitative estimate of drug-likeness (QED) is 0.386. The number of thioether (sulfide) groups is 1. The lowest BCUT2D eigenvalue weighted by atomic mass is 10.1. The normalized spacial score (nSPS) is 16.3. The molecule has 1 aromatic carbocycles. The molecule has 0 amide bonds. The molecule has 1 aliphatic heterocycles. The molecule has 0 radical (unpaired) electrons. The van der Waals surface area contributed by atoms with Gasteiger partial charge in [0.05, 0.1) is 18.4 Å². The second kappa shape index (κ2) is 9.57. The summed E-state index contributed by atoms with van der Waals surface area (Å²) in [6.45, 7) is 6.38. The van der Waals surface area contributed by atoms with Gasteiger partial charge in [0.2, 0.25) is 5.16 Å². The lowest BCUT2D eigenvalue weighted by molar-refractivity contribution is 0.0912. The van der Waals surface area contributed by atoms with Gasteiger partial charge in [-0.2, -0.15) is 0 Å². The van der Waals surface area contributed by atoms with Crippen molar-refractivity contribution in [2.24, 2.45) is 0 Å². The minimum atomic E-state index is 0.103. The minimum Gasteiger partial charge on any atom is -0.376 e. The highest BCUT2D eigenvalue weighted by molar-refractivity contribution is 7.99. The van der Waals surface area contributed by atoms with Crippen LogP contribution in [0, 0.1) is 13.8 Å². The molecule has 0 bridgehead atoms. The highest BCUT2D eigenvalue weighted by atomic mass is 32.2. The molecule has 30 heavy (non-hydrogen) atoms. The first kappa shape index (κ1) is 20.8. The van der Waals surface area contributed by atoms with Crippen LogP contribution in [0.5, 0.6) is 0 Å². The van der Waals surface area contributed by atoms with Gasteiger partial charge in [0.25, 0.3) is 0 Å². The van der Waals surface area contributed by atoms with Crippen molar-refractivity contribution in [3.05, 3.63) is 58.9 Å². The maximum Gasteiger partial charge on any atom is 0.209 e. The van der Waals surface area contributed by atoms with Crippen LogP contribution in [-0.4, -0.2) is 49.0 Å². The van der Waals surface area contributed by atoms with Gasteiger partial charge in [-0.3, -0.25) is 4.79 Å². The summed E-state index contributed by atoms with van der Waals surface area (Å²) in [5.74, 6) is 0.417. The Morgan fingerprint density at radius 3 is 2.87 bits per heavy atom. The fourth-order valence-electron chi connectivity index (χ4n) is 3.92. The lowest BCUT2D eigenvalue weighted by Gasteiger charge is -2.10. The van der Waals surface area contributed by atoms with Crippen LogP contribution in [0.4, 0.5) is 0 Å². The van der Waals surface area contributed by atoms with E-state index in [1.165, 1.54) is 17.3 Å². The summed E-state index contributed by atoms with van der Waals surface area (Å²) in [5, 5.41) is 12.6. The predicted octanol–water partition coefficient (Wildman–Crippen LogP) is 3.49. The fraction of sp³-hybridized carbons (Fsp3) is 0.455. The number of aryl methyl sites for hydroxylation is 2. The van der Waals surface area contributed by atoms with E-state index in [1.807, 2.05) is 19.1 Å². The second-order valence-corrected chi connectivity index (χ2v) is 8.60. The second-order valence-electron chi connectivity index (χ2n) is 7.66. The topological polar surface area (TPSA) is 74.8 Å². The molecule has 1 saturated heterocycles. The summed E-state index contributed by atoms with van der Waals surface area (Å²) >= 11 is 1.39. The van der Waals surface area contributed by atoms with Crippen LogP contribution in [0.2, 0.25) is 0 Å². The van der Waals surface area contributed by atoms with Crippen LogP contribution < -0.4 is 0 Å². The summed E-state index contributed by atoms with van der Waals surface area (Å²) in [5.41, 5.74) is 4.21. The van der Waals surface area contributed by atoms with Gasteiger partial charge in [-0.1, -0.05) is 42.1 Å². The number of hydrogen-bond acceptors (Lipinski definition) is 6. The monoisotopic (exact) mass is 425 g/mol. The van der Waals surface area contributed by atoms with E-state index in [9.17, 15) is 4.79 Å². The highest BCUT2D eigenvalue weighted by Gasteiger charge is 2.21. The number of benzene rings is 1. The van der Waals surface area contributed by atoms with Crippen molar-refractivity contribution in [3.8, 4) is 0 Å². The highest BCUT2D eigenvalue weighted by Crippen LogP contribution is 2.22. The number of ketones is 1. The Labute approximate surface area is 180 Å². The number of carbonyl (C=O) groups excluding carboxylic acids is 1. The van der Waals surface area contributed by atoms with E-state index in [0.29, 0.717) is 17.5 Å². The molecule has 7 nitrogen and oxygen atoms in total. The Morgan fingerprint density at radius 2 is 2.10 bits per heavy atom. The van der Waals surface area contributed by atoms with Gasteiger partial charge in [-0.05, 0) is 55.2 Å². The number of hydrogen-bond donors (Lipinski definition) is 0. The molecule has 1 atom stereocenters. The van der Waals surface area contributed by atoms with Crippen molar-refractivity contribution in [3.63, 3.8) is 0 Å². The standard InChI is InChI=1S/C22H27N5O2S/c1-16-13-20(17(2)26(16)11-10-18-7-4-3-5-8-18)21(28)15-30-22-23-24-25-27(22)14-19-9-6-12-29-19/h3-5,7-8,13,19H,6,9-12,14-15H2,1-2H3/t19-/m1/s1. The first-order chi connectivity index (χ1) is 14.6. The Hall–Kier alpha value is -2.45. The number of Topliss-reactive ketones (excluding diaryl/α,β-unsaturated/α-hetero) is 1. The largest absolute Gasteiger partial charge is 0.376 e. The zero-order valence-electron chi connectivity index (χ0n) is 17.5. The molecular weight excluding hydrogens is 398 g/mol. The number of rotatable bonds is 9. The molecule has 0 N–H and O–H groups in total. The Kier molecular flexibility index (Phi) is 6.64. The van der Waals surface area contributed by atoms with E-state index >= 15 is 0 Å². The molecule has 1 aliphatic rings. The molecule has 0 aliphatic carbocycles. The summed E-state index contributed by atoms with van der Waals surface area (Å²) < 4.78 is 9.64. The lowest BCUT2D eigenvalue weighted by Crippen LogP contribution is -2.17. The molecule has 158 valence electrons. The minimum absolute atomic E-state index is 0.103. The van der Waals surface area contributed by atoms with E-state index in [2.05, 4.69) is 51.3 Å². The molecule has 0 unspecified atom stereocenters. The van der Waals surface area contributed by atoms with E-state index in [4.69, 9.17) is 4.74 Å². The predicted molar refractivity (Wildman–Crippen MR) is 116 cm³/mol. The van der Waals surface area contributed by atoms with Gasteiger partial charge in [-0.15, -0.1) is 5.10 Å². The maximum absolute atomic E-state index is 12.9. The third kappa shape index (κ3) is 4.82. The van der Waals surface area contributed by atoms with E-state index in [0.717, 1.165) is 49.4 Å². The van der Waals surface area contributed by atoms with Crippen LogP contribution in [-0.2, 0) is 24.2 Å². The van der Waals surface area contributed by atoms with Crippen molar-refractivity contribution in [1.82, 2.24) is 24.8 Å². The first-order valence-corrected chi connectivity index (χ1v) is 11.3. The Bertz CT molecular complexity index is 992.